The molecule has 0 aliphatic rings. The molecule has 0 atom stereocenters. The zero-order chi connectivity index (χ0) is 18.1. The third-order valence-electron chi connectivity index (χ3n) is 3.80. The number of nitrogens with one attached hydrogen (secondary N) is 1. The fourth-order valence-electron chi connectivity index (χ4n) is 2.44. The first-order valence-electron chi connectivity index (χ1n) is 8.23. The lowest BCUT2D eigenvalue weighted by Crippen LogP contribution is -2.38. The Labute approximate surface area is 147 Å². The van der Waals surface area contributed by atoms with Crippen LogP contribution in [0, 0.1) is 0 Å². The molecule has 0 radical (unpaired) electrons. The lowest BCUT2D eigenvalue weighted by atomic mass is 10.1. The minimum Gasteiger partial charge on any atom is -0.495 e. The van der Waals surface area contributed by atoms with Crippen molar-refractivity contribution in [3.05, 3.63) is 54.4 Å². The zero-order valence-corrected chi connectivity index (χ0v) is 14.6. The Bertz CT molecular complexity index is 704. The number of hydrogen-bond acceptors (Lipinski definition) is 4. The van der Waals surface area contributed by atoms with E-state index in [2.05, 4.69) is 10.3 Å². The van der Waals surface area contributed by atoms with Crippen LogP contribution in [0.4, 0.5) is 5.69 Å². The molecule has 1 aromatic heterocycles. The van der Waals surface area contributed by atoms with Gasteiger partial charge in [-0.05, 0) is 37.1 Å². The Hall–Kier alpha value is -2.89. The second-order valence-electron chi connectivity index (χ2n) is 5.52. The standard InChI is InChI=1S/C19H23N3O3/c1-3-22(19(24)11-10-15-7-6-12-20-13-15)14-18(23)21-16-8-4-5-9-17(16)25-2/h4-9,12-13H,3,10-11,14H2,1-2H3,(H,21,23). The molecule has 6 nitrogen and oxygen atoms in total. The summed E-state index contributed by atoms with van der Waals surface area (Å²) in [6.07, 6.45) is 4.41. The van der Waals surface area contributed by atoms with Crippen molar-refractivity contribution in [2.75, 3.05) is 25.5 Å². The van der Waals surface area contributed by atoms with Crippen molar-refractivity contribution < 1.29 is 14.3 Å². The molecule has 2 amide bonds. The van der Waals surface area contributed by atoms with Crippen molar-refractivity contribution in [2.45, 2.75) is 19.8 Å². The lowest BCUT2D eigenvalue weighted by molar-refractivity contribution is -0.134. The van der Waals surface area contributed by atoms with Gasteiger partial charge >= 0.3 is 0 Å². The summed E-state index contributed by atoms with van der Waals surface area (Å²) in [6, 6.07) is 11.0. The van der Waals surface area contributed by atoms with Gasteiger partial charge in [-0.2, -0.15) is 0 Å². The Morgan fingerprint density at radius 3 is 2.68 bits per heavy atom. The Morgan fingerprint density at radius 2 is 2.00 bits per heavy atom. The van der Waals surface area contributed by atoms with Crippen LogP contribution in [0.25, 0.3) is 0 Å². The Kier molecular flexibility index (Phi) is 6.95. The van der Waals surface area contributed by atoms with Gasteiger partial charge in [-0.15, -0.1) is 0 Å². The van der Waals surface area contributed by atoms with Crippen molar-refractivity contribution in [1.82, 2.24) is 9.88 Å². The molecule has 6 heteroatoms. The van der Waals surface area contributed by atoms with Crippen molar-refractivity contribution in [2.24, 2.45) is 0 Å². The summed E-state index contributed by atoms with van der Waals surface area (Å²) < 4.78 is 5.21. The summed E-state index contributed by atoms with van der Waals surface area (Å²) in [5.41, 5.74) is 1.60. The van der Waals surface area contributed by atoms with Crippen molar-refractivity contribution in [3.63, 3.8) is 0 Å². The van der Waals surface area contributed by atoms with E-state index in [0.717, 1.165) is 5.56 Å². The van der Waals surface area contributed by atoms with Crippen LogP contribution in [0.2, 0.25) is 0 Å². The highest BCUT2D eigenvalue weighted by molar-refractivity contribution is 5.95. The van der Waals surface area contributed by atoms with Crippen LogP contribution in [-0.4, -0.2) is 41.9 Å². The number of benzene rings is 1. The van der Waals surface area contributed by atoms with Crippen LogP contribution < -0.4 is 10.1 Å². The number of aryl methyl sites for hydroxylation is 1. The summed E-state index contributed by atoms with van der Waals surface area (Å²) in [6.45, 7) is 2.35. The molecule has 0 aliphatic carbocycles. The SMILES string of the molecule is CCN(CC(=O)Nc1ccccc1OC)C(=O)CCc1cccnc1. The molecule has 0 aliphatic heterocycles. The van der Waals surface area contributed by atoms with E-state index in [1.807, 2.05) is 31.2 Å². The number of amides is 2. The van der Waals surface area contributed by atoms with Crippen LogP contribution in [0.5, 0.6) is 5.75 Å². The Morgan fingerprint density at radius 1 is 1.20 bits per heavy atom. The first-order valence-corrected chi connectivity index (χ1v) is 8.23. The number of anilines is 1. The molecule has 0 saturated heterocycles. The normalized spacial score (nSPS) is 10.2. The molecule has 1 heterocycles. The zero-order valence-electron chi connectivity index (χ0n) is 14.6. The van der Waals surface area contributed by atoms with Crippen molar-refractivity contribution in [1.29, 1.82) is 0 Å². The molecule has 0 saturated carbocycles. The van der Waals surface area contributed by atoms with Crippen LogP contribution in [0.15, 0.2) is 48.8 Å². The van der Waals surface area contributed by atoms with Crippen LogP contribution in [0.3, 0.4) is 0 Å². The minimum atomic E-state index is -0.249. The number of para-hydroxylation sites is 2. The van der Waals surface area contributed by atoms with Gasteiger partial charge in [0.1, 0.15) is 5.75 Å². The number of pyridine rings is 1. The van der Waals surface area contributed by atoms with E-state index in [-0.39, 0.29) is 18.4 Å². The number of hydrogen-bond donors (Lipinski definition) is 1. The van der Waals surface area contributed by atoms with Crippen LogP contribution >= 0.6 is 0 Å². The summed E-state index contributed by atoms with van der Waals surface area (Å²) in [5, 5.41) is 2.79. The highest BCUT2D eigenvalue weighted by Crippen LogP contribution is 2.22. The van der Waals surface area contributed by atoms with E-state index in [1.54, 1.807) is 36.5 Å². The summed E-state index contributed by atoms with van der Waals surface area (Å²) in [4.78, 5) is 30.2. The predicted octanol–water partition coefficient (Wildman–Crippen LogP) is 2.51. The number of aromatic nitrogens is 1. The minimum absolute atomic E-state index is 0.0143. The first kappa shape index (κ1) is 18.4. The summed E-state index contributed by atoms with van der Waals surface area (Å²) >= 11 is 0. The third kappa shape index (κ3) is 5.60. The third-order valence-corrected chi connectivity index (χ3v) is 3.80. The van der Waals surface area contributed by atoms with Crippen molar-refractivity contribution >= 4 is 17.5 Å². The monoisotopic (exact) mass is 341 g/mol. The lowest BCUT2D eigenvalue weighted by Gasteiger charge is -2.20. The molecule has 0 bridgehead atoms. The molecule has 0 spiro atoms. The Balaban J connectivity index is 1.89. The van der Waals surface area contributed by atoms with Gasteiger partial charge in [0.2, 0.25) is 11.8 Å². The second kappa shape index (κ2) is 9.42. The van der Waals surface area contributed by atoms with Gasteiger partial charge in [0, 0.05) is 25.4 Å². The largest absolute Gasteiger partial charge is 0.495 e. The van der Waals surface area contributed by atoms with E-state index in [1.165, 1.54) is 0 Å². The van der Waals surface area contributed by atoms with Gasteiger partial charge in [0.05, 0.1) is 19.3 Å². The predicted molar refractivity (Wildman–Crippen MR) is 96.4 cm³/mol. The maximum atomic E-state index is 12.4. The molecule has 132 valence electrons. The summed E-state index contributed by atoms with van der Waals surface area (Å²) in [5.74, 6) is 0.282. The maximum absolute atomic E-state index is 12.4. The fourth-order valence-corrected chi connectivity index (χ4v) is 2.44. The molecule has 0 unspecified atom stereocenters. The molecular weight excluding hydrogens is 318 g/mol. The summed E-state index contributed by atoms with van der Waals surface area (Å²) in [7, 11) is 1.55. The molecule has 0 fully saturated rings. The van der Waals surface area contributed by atoms with Crippen LogP contribution in [0.1, 0.15) is 18.9 Å². The van der Waals surface area contributed by atoms with Gasteiger partial charge in [0.25, 0.3) is 0 Å². The van der Waals surface area contributed by atoms with Gasteiger partial charge in [0.15, 0.2) is 0 Å². The number of carbonyl (C=O) groups excluding carboxylic acids is 2. The molecule has 1 N–H and O–H groups in total. The molecule has 1 aromatic carbocycles. The first-order chi connectivity index (χ1) is 12.1. The van der Waals surface area contributed by atoms with Gasteiger partial charge in [-0.1, -0.05) is 18.2 Å². The van der Waals surface area contributed by atoms with E-state index < -0.39 is 0 Å². The quantitative estimate of drug-likeness (QED) is 0.801. The molecule has 2 rings (SSSR count). The number of ether oxygens (including phenoxy) is 1. The molecular formula is C19H23N3O3. The average Bonchev–Trinajstić information content (AvgIpc) is 2.65. The van der Waals surface area contributed by atoms with E-state index >= 15 is 0 Å². The van der Waals surface area contributed by atoms with E-state index in [0.29, 0.717) is 30.8 Å². The van der Waals surface area contributed by atoms with E-state index in [9.17, 15) is 9.59 Å². The number of carbonyl (C=O) groups is 2. The van der Waals surface area contributed by atoms with Gasteiger partial charge < -0.3 is 15.0 Å². The number of rotatable bonds is 8. The van der Waals surface area contributed by atoms with Gasteiger partial charge in [-0.25, -0.2) is 0 Å². The van der Waals surface area contributed by atoms with Gasteiger partial charge in [-0.3, -0.25) is 14.6 Å². The number of methoxy groups -OCH3 is 1. The number of nitrogens with zero attached hydrogens (tertiary/aromatic N) is 2. The van der Waals surface area contributed by atoms with E-state index in [4.69, 9.17) is 4.74 Å². The number of likely N-dealkylation sites (N-methyl/N-ethyl adjacent to an activating group) is 1. The van der Waals surface area contributed by atoms with Crippen molar-refractivity contribution in [3.8, 4) is 5.75 Å². The fraction of sp³-hybridized carbons (Fsp3) is 0.316. The maximum Gasteiger partial charge on any atom is 0.244 e. The van der Waals surface area contributed by atoms with Crippen LogP contribution in [-0.2, 0) is 16.0 Å². The second-order valence-corrected chi connectivity index (χ2v) is 5.52. The topological polar surface area (TPSA) is 71.5 Å². The average molecular weight is 341 g/mol. The highest BCUT2D eigenvalue weighted by Gasteiger charge is 2.16. The molecule has 25 heavy (non-hydrogen) atoms. The highest BCUT2D eigenvalue weighted by atomic mass is 16.5. The smallest absolute Gasteiger partial charge is 0.244 e. The molecule has 2 aromatic rings.